The first-order valence-corrected chi connectivity index (χ1v) is 10.2. The van der Waals surface area contributed by atoms with Gasteiger partial charge in [0, 0.05) is 4.88 Å². The summed E-state index contributed by atoms with van der Waals surface area (Å²) in [6.07, 6.45) is 4.43. The van der Waals surface area contributed by atoms with E-state index in [0.717, 1.165) is 25.0 Å². The molecule has 28 heavy (non-hydrogen) atoms. The summed E-state index contributed by atoms with van der Waals surface area (Å²) in [6.45, 7) is 8.54. The van der Waals surface area contributed by atoms with Gasteiger partial charge in [0.25, 0.3) is 11.3 Å². The van der Waals surface area contributed by atoms with Crippen LogP contribution in [-0.2, 0) is 24.1 Å². The van der Waals surface area contributed by atoms with Crippen molar-refractivity contribution < 1.29 is 4.79 Å². The zero-order valence-corrected chi connectivity index (χ0v) is 17.3. The number of amides is 1. The number of fused-ring (bicyclic) bond motifs is 2. The largest absolute Gasteiger partial charge is 0.302 e. The fourth-order valence-electron chi connectivity index (χ4n) is 3.69. The summed E-state index contributed by atoms with van der Waals surface area (Å²) >= 11 is 1.55. The van der Waals surface area contributed by atoms with Crippen LogP contribution < -0.4 is 10.9 Å². The van der Waals surface area contributed by atoms with Crippen LogP contribution in [-0.4, -0.2) is 30.5 Å². The fourth-order valence-corrected chi connectivity index (χ4v) is 4.79. The Morgan fingerprint density at radius 2 is 2.18 bits per heavy atom. The second kappa shape index (κ2) is 6.80. The molecular weight excluding hydrogens is 376 g/mol. The Morgan fingerprint density at radius 1 is 1.39 bits per heavy atom. The van der Waals surface area contributed by atoms with Crippen molar-refractivity contribution in [3.05, 3.63) is 38.5 Å². The first-order chi connectivity index (χ1) is 13.2. The van der Waals surface area contributed by atoms with Gasteiger partial charge >= 0.3 is 0 Å². The zero-order chi connectivity index (χ0) is 20.1. The van der Waals surface area contributed by atoms with Crippen LogP contribution in [0.2, 0.25) is 0 Å². The molecule has 4 rings (SSSR count). The van der Waals surface area contributed by atoms with E-state index in [2.05, 4.69) is 46.1 Å². The summed E-state index contributed by atoms with van der Waals surface area (Å²) in [6, 6.07) is 0. The lowest BCUT2D eigenvalue weighted by molar-refractivity contribution is -0.115. The summed E-state index contributed by atoms with van der Waals surface area (Å²) in [5, 5.41) is 6.19. The van der Waals surface area contributed by atoms with Gasteiger partial charge < -0.3 is 5.32 Å². The van der Waals surface area contributed by atoms with Crippen molar-refractivity contribution >= 4 is 28.2 Å². The molecule has 0 spiro atoms. The quantitative estimate of drug-likeness (QED) is 0.703. The van der Waals surface area contributed by atoms with Crippen LogP contribution in [0.1, 0.15) is 49.0 Å². The molecule has 3 heterocycles. The maximum Gasteiger partial charge on any atom is 0.277 e. The van der Waals surface area contributed by atoms with E-state index in [9.17, 15) is 9.59 Å². The van der Waals surface area contributed by atoms with Crippen LogP contribution in [0.25, 0.3) is 5.78 Å². The Hall–Kier alpha value is -2.55. The minimum Gasteiger partial charge on any atom is -0.302 e. The Balaban J connectivity index is 1.50. The zero-order valence-electron chi connectivity index (χ0n) is 16.5. The van der Waals surface area contributed by atoms with E-state index < -0.39 is 0 Å². The average molecular weight is 401 g/mol. The van der Waals surface area contributed by atoms with Crippen molar-refractivity contribution in [1.29, 1.82) is 0 Å². The molecule has 2 N–H and O–H groups in total. The number of hydrogen-bond donors (Lipinski definition) is 2. The Kier molecular flexibility index (Phi) is 4.57. The van der Waals surface area contributed by atoms with Gasteiger partial charge in [-0.3, -0.25) is 14.7 Å². The Bertz CT molecular complexity index is 1100. The highest BCUT2D eigenvalue weighted by Gasteiger charge is 2.31. The highest BCUT2D eigenvalue weighted by atomic mass is 32.1. The van der Waals surface area contributed by atoms with Crippen LogP contribution in [0.15, 0.2) is 11.1 Å². The summed E-state index contributed by atoms with van der Waals surface area (Å²) in [5.41, 5.74) is 1.93. The van der Waals surface area contributed by atoms with Crippen molar-refractivity contribution in [3.63, 3.8) is 0 Å². The van der Waals surface area contributed by atoms with Crippen LogP contribution >= 0.6 is 11.3 Å². The predicted molar refractivity (Wildman–Crippen MR) is 108 cm³/mol. The molecule has 0 saturated carbocycles. The first kappa shape index (κ1) is 18.8. The number of carbonyl (C=O) groups excluding carboxylic acids is 1. The lowest BCUT2D eigenvalue weighted by Gasteiger charge is -2.33. The number of anilines is 1. The summed E-state index contributed by atoms with van der Waals surface area (Å²) in [5.74, 6) is 0.659. The van der Waals surface area contributed by atoms with E-state index in [4.69, 9.17) is 0 Å². The van der Waals surface area contributed by atoms with E-state index in [1.165, 1.54) is 15.7 Å². The lowest BCUT2D eigenvalue weighted by atomic mass is 9.73. The molecule has 0 radical (unpaired) electrons. The van der Waals surface area contributed by atoms with Crippen molar-refractivity contribution in [1.82, 2.24) is 24.6 Å². The molecule has 1 atom stereocenters. The second-order valence-corrected chi connectivity index (χ2v) is 9.51. The Morgan fingerprint density at radius 3 is 2.93 bits per heavy atom. The third kappa shape index (κ3) is 3.46. The minimum absolute atomic E-state index is 0.0471. The van der Waals surface area contributed by atoms with Crippen LogP contribution in [0.5, 0.6) is 0 Å². The van der Waals surface area contributed by atoms with Crippen LogP contribution in [0.3, 0.4) is 0 Å². The summed E-state index contributed by atoms with van der Waals surface area (Å²) in [4.78, 5) is 39.2. The fraction of sp³-hybridized carbons (Fsp3) is 0.526. The molecule has 0 fully saturated rings. The molecule has 3 aromatic heterocycles. The molecule has 1 amide bonds. The van der Waals surface area contributed by atoms with Gasteiger partial charge in [0.2, 0.25) is 5.91 Å². The highest BCUT2D eigenvalue weighted by Crippen LogP contribution is 2.40. The number of nitrogens with zero attached hydrogens (tertiary/aromatic N) is 4. The maximum atomic E-state index is 12.6. The molecule has 1 aliphatic carbocycles. The molecule has 1 unspecified atom stereocenters. The number of hydrogen-bond acceptors (Lipinski definition) is 6. The standard InChI is InChI=1S/C19H24N6O2S/c1-10-12(16(27)25-17(22-10)20-9-21-25)8-15(26)24-18-23-13-6-5-11(19(2,3)4)7-14(13)28-18/h9,11H,5-8H2,1-4H3,(H,20,21,22)(H,23,24,26). The van der Waals surface area contributed by atoms with Gasteiger partial charge in [-0.2, -0.15) is 4.52 Å². The number of thiazole rings is 1. The molecule has 9 heteroatoms. The molecule has 1 aliphatic rings. The predicted octanol–water partition coefficient (Wildman–Crippen LogP) is 2.51. The summed E-state index contributed by atoms with van der Waals surface area (Å²) < 4.78 is 1.24. The van der Waals surface area contributed by atoms with E-state index in [-0.39, 0.29) is 23.3 Å². The SMILES string of the molecule is Cc1nc2nc[nH]n2c(=O)c1CC(=O)Nc1nc2c(s1)CC(C(C)(C)C)CC2. The number of carbonyl (C=O) groups is 1. The van der Waals surface area contributed by atoms with Gasteiger partial charge in [-0.1, -0.05) is 20.8 Å². The third-order valence-corrected chi connectivity index (χ3v) is 6.52. The third-order valence-electron chi connectivity index (χ3n) is 5.48. The molecule has 148 valence electrons. The van der Waals surface area contributed by atoms with E-state index in [1.54, 1.807) is 18.3 Å². The van der Waals surface area contributed by atoms with Crippen molar-refractivity contribution in [2.75, 3.05) is 5.32 Å². The van der Waals surface area contributed by atoms with Crippen molar-refractivity contribution in [3.8, 4) is 0 Å². The number of rotatable bonds is 3. The summed E-state index contributed by atoms with van der Waals surface area (Å²) in [7, 11) is 0. The molecule has 8 nitrogen and oxygen atoms in total. The lowest BCUT2D eigenvalue weighted by Crippen LogP contribution is -2.26. The number of nitrogens with one attached hydrogen (secondary N) is 2. The number of aromatic nitrogens is 5. The normalized spacial score (nSPS) is 16.9. The second-order valence-electron chi connectivity index (χ2n) is 8.42. The number of aromatic amines is 1. The van der Waals surface area contributed by atoms with E-state index >= 15 is 0 Å². The first-order valence-electron chi connectivity index (χ1n) is 9.42. The van der Waals surface area contributed by atoms with E-state index in [1.807, 2.05) is 0 Å². The monoisotopic (exact) mass is 400 g/mol. The molecule has 0 saturated heterocycles. The van der Waals surface area contributed by atoms with Crippen molar-refractivity contribution in [2.45, 2.75) is 53.4 Å². The van der Waals surface area contributed by atoms with Gasteiger partial charge in [-0.25, -0.2) is 15.0 Å². The van der Waals surface area contributed by atoms with Gasteiger partial charge in [0.05, 0.1) is 23.4 Å². The smallest absolute Gasteiger partial charge is 0.277 e. The van der Waals surface area contributed by atoms with E-state index in [0.29, 0.717) is 28.1 Å². The molecule has 0 aliphatic heterocycles. The maximum absolute atomic E-state index is 12.6. The van der Waals surface area contributed by atoms with Crippen LogP contribution in [0.4, 0.5) is 5.13 Å². The molecule has 0 aromatic carbocycles. The molecular formula is C19H24N6O2S. The van der Waals surface area contributed by atoms with Gasteiger partial charge in [-0.15, -0.1) is 11.3 Å². The minimum atomic E-state index is -0.304. The highest BCUT2D eigenvalue weighted by molar-refractivity contribution is 7.15. The van der Waals surface area contributed by atoms with Crippen molar-refractivity contribution in [2.24, 2.45) is 11.3 Å². The Labute approximate surface area is 166 Å². The van der Waals surface area contributed by atoms with Gasteiger partial charge in [0.1, 0.15) is 6.33 Å². The number of aryl methyl sites for hydroxylation is 2. The number of H-pyrrole nitrogens is 1. The molecule has 3 aromatic rings. The van der Waals surface area contributed by atoms with Crippen LogP contribution in [0, 0.1) is 18.3 Å². The van der Waals surface area contributed by atoms with Gasteiger partial charge in [-0.05, 0) is 37.5 Å². The topological polar surface area (TPSA) is 105 Å². The average Bonchev–Trinajstić information content (AvgIpc) is 3.23. The van der Waals surface area contributed by atoms with Gasteiger partial charge in [0.15, 0.2) is 5.13 Å². The molecule has 0 bridgehead atoms.